The van der Waals surface area contributed by atoms with Crippen molar-refractivity contribution >= 4 is 34.3 Å². The topological polar surface area (TPSA) is 110 Å². The van der Waals surface area contributed by atoms with E-state index < -0.39 is 5.41 Å². The zero-order valence-corrected chi connectivity index (χ0v) is 30.2. The van der Waals surface area contributed by atoms with Gasteiger partial charge in [-0.3, -0.25) is 13.9 Å². The van der Waals surface area contributed by atoms with Crippen molar-refractivity contribution in [3.63, 3.8) is 0 Å². The SMILES string of the molecule is Cc1ccc(C(=O)Nc2cc(N(C)CCN(C)C)cc(C(C)(C)C#N)c2)cc1C#Cc1cnc2c(Nc3cnn(CCN(C)C)c3)cccn12. The summed E-state index contributed by atoms with van der Waals surface area (Å²) in [5.74, 6) is 6.28. The van der Waals surface area contributed by atoms with Gasteiger partial charge in [0.2, 0.25) is 0 Å². The number of hydrogen-bond donors (Lipinski definition) is 2. The van der Waals surface area contributed by atoms with E-state index in [0.29, 0.717) is 11.3 Å². The number of nitrogens with one attached hydrogen (secondary N) is 2. The maximum atomic E-state index is 13.6. The maximum Gasteiger partial charge on any atom is 0.255 e. The van der Waals surface area contributed by atoms with Gasteiger partial charge in [0.1, 0.15) is 5.69 Å². The van der Waals surface area contributed by atoms with Crippen LogP contribution in [0.1, 0.15) is 46.6 Å². The number of pyridine rings is 1. The molecule has 0 aliphatic carbocycles. The van der Waals surface area contributed by atoms with E-state index in [4.69, 9.17) is 0 Å². The van der Waals surface area contributed by atoms with Crippen LogP contribution in [-0.4, -0.2) is 89.7 Å². The second kappa shape index (κ2) is 15.3. The highest BCUT2D eigenvalue weighted by molar-refractivity contribution is 6.05. The van der Waals surface area contributed by atoms with Crippen molar-refractivity contribution in [2.24, 2.45) is 0 Å². The minimum atomic E-state index is -0.728. The summed E-state index contributed by atoms with van der Waals surface area (Å²) >= 11 is 0. The molecule has 2 aromatic carbocycles. The molecule has 0 bridgehead atoms. The molecular weight excluding hydrogens is 624 g/mol. The van der Waals surface area contributed by atoms with Gasteiger partial charge in [0.25, 0.3) is 5.91 Å². The largest absolute Gasteiger partial charge is 0.373 e. The number of fused-ring (bicyclic) bond motifs is 1. The van der Waals surface area contributed by atoms with Crippen molar-refractivity contribution in [2.75, 3.05) is 70.4 Å². The van der Waals surface area contributed by atoms with Gasteiger partial charge in [-0.15, -0.1) is 0 Å². The van der Waals surface area contributed by atoms with Crippen LogP contribution in [0.3, 0.4) is 0 Å². The molecule has 0 saturated heterocycles. The third-order valence-electron chi connectivity index (χ3n) is 8.55. The number of carbonyl (C=O) groups is 1. The average molecular weight is 671 g/mol. The molecule has 1 amide bonds. The van der Waals surface area contributed by atoms with Gasteiger partial charge in [-0.2, -0.15) is 10.4 Å². The van der Waals surface area contributed by atoms with E-state index in [1.54, 1.807) is 12.3 Å². The predicted octanol–water partition coefficient (Wildman–Crippen LogP) is 5.60. The highest BCUT2D eigenvalue weighted by atomic mass is 16.1. The van der Waals surface area contributed by atoms with E-state index >= 15 is 0 Å². The van der Waals surface area contributed by atoms with Crippen LogP contribution in [0.15, 0.2) is 73.3 Å². The number of nitriles is 1. The summed E-state index contributed by atoms with van der Waals surface area (Å²) in [6.07, 6.45) is 7.48. The van der Waals surface area contributed by atoms with Gasteiger partial charge >= 0.3 is 0 Å². The van der Waals surface area contributed by atoms with Gasteiger partial charge in [-0.25, -0.2) is 4.98 Å². The molecule has 0 atom stereocenters. The van der Waals surface area contributed by atoms with Gasteiger partial charge in [0.15, 0.2) is 5.65 Å². The van der Waals surface area contributed by atoms with E-state index in [-0.39, 0.29) is 5.91 Å². The lowest BCUT2D eigenvalue weighted by molar-refractivity contribution is 0.102. The van der Waals surface area contributed by atoms with Gasteiger partial charge < -0.3 is 25.3 Å². The van der Waals surface area contributed by atoms with Crippen molar-refractivity contribution in [3.8, 4) is 17.9 Å². The number of carbonyl (C=O) groups excluding carboxylic acids is 1. The molecule has 0 radical (unpaired) electrons. The fourth-order valence-electron chi connectivity index (χ4n) is 5.25. The number of anilines is 4. The standard InChI is InChI=1S/C39H46N10O/c1-28-11-12-30(38(50)44-32-21-31(39(2,3)27-40)22-35(23-32)47(8)18-16-45(4)5)20-29(28)13-14-34-25-41-37-36(10-9-15-49(34)37)43-33-24-42-48(26-33)19-17-46(6)7/h9-12,15,20-26,43H,16-19H2,1-8H3,(H,44,50). The lowest BCUT2D eigenvalue weighted by Crippen LogP contribution is -2.29. The minimum Gasteiger partial charge on any atom is -0.373 e. The number of likely N-dealkylation sites (N-methyl/N-ethyl adjacent to an activating group) is 3. The smallest absolute Gasteiger partial charge is 0.255 e. The number of amides is 1. The fourth-order valence-corrected chi connectivity index (χ4v) is 5.25. The molecule has 2 N–H and O–H groups in total. The molecule has 11 heteroatoms. The highest BCUT2D eigenvalue weighted by Gasteiger charge is 2.22. The molecule has 0 saturated carbocycles. The Bertz CT molecular complexity index is 2090. The predicted molar refractivity (Wildman–Crippen MR) is 201 cm³/mol. The fraction of sp³-hybridized carbons (Fsp3) is 0.333. The van der Waals surface area contributed by atoms with E-state index in [1.165, 1.54) is 0 Å². The minimum absolute atomic E-state index is 0.252. The Morgan fingerprint density at radius 3 is 2.46 bits per heavy atom. The number of nitrogens with zero attached hydrogens (tertiary/aromatic N) is 8. The van der Waals surface area contributed by atoms with Crippen molar-refractivity contribution in [1.29, 1.82) is 5.26 Å². The highest BCUT2D eigenvalue weighted by Crippen LogP contribution is 2.31. The molecule has 11 nitrogen and oxygen atoms in total. The quantitative estimate of drug-likeness (QED) is 0.165. The van der Waals surface area contributed by atoms with E-state index in [9.17, 15) is 10.1 Å². The number of aryl methyl sites for hydroxylation is 1. The van der Waals surface area contributed by atoms with Crippen LogP contribution in [0, 0.1) is 30.1 Å². The van der Waals surface area contributed by atoms with E-state index in [2.05, 4.69) is 53.3 Å². The number of imidazole rings is 1. The first-order valence-corrected chi connectivity index (χ1v) is 16.6. The Morgan fingerprint density at radius 1 is 0.940 bits per heavy atom. The third kappa shape index (κ3) is 8.69. The first kappa shape index (κ1) is 35.7. The summed E-state index contributed by atoms with van der Waals surface area (Å²) < 4.78 is 3.86. The second-order valence-corrected chi connectivity index (χ2v) is 13.6. The van der Waals surface area contributed by atoms with Crippen LogP contribution >= 0.6 is 0 Å². The van der Waals surface area contributed by atoms with Crippen LogP contribution in [0.2, 0.25) is 0 Å². The van der Waals surface area contributed by atoms with Crippen LogP contribution in [0.4, 0.5) is 22.7 Å². The first-order chi connectivity index (χ1) is 23.8. The zero-order valence-electron chi connectivity index (χ0n) is 30.2. The average Bonchev–Trinajstić information content (AvgIpc) is 3.72. The Labute approximate surface area is 295 Å². The molecule has 0 fully saturated rings. The molecule has 0 spiro atoms. The van der Waals surface area contributed by atoms with Gasteiger partial charge in [0, 0.05) is 61.6 Å². The molecule has 3 aromatic heterocycles. The summed E-state index contributed by atoms with van der Waals surface area (Å²) in [5, 5.41) is 20.8. The molecular formula is C39H46N10O. The zero-order chi connectivity index (χ0) is 36.0. The number of rotatable bonds is 12. The Balaban J connectivity index is 1.36. The lowest BCUT2D eigenvalue weighted by atomic mass is 9.85. The molecule has 258 valence electrons. The Hall–Kier alpha value is -5.62. The molecule has 0 aliphatic heterocycles. The van der Waals surface area contributed by atoms with E-state index in [1.807, 2.05) is 126 Å². The molecule has 3 heterocycles. The number of hydrogen-bond acceptors (Lipinski definition) is 8. The van der Waals surface area contributed by atoms with Crippen LogP contribution in [0.25, 0.3) is 5.65 Å². The molecule has 0 aliphatic rings. The van der Waals surface area contributed by atoms with Crippen molar-refractivity contribution < 1.29 is 4.79 Å². The monoisotopic (exact) mass is 670 g/mol. The van der Waals surface area contributed by atoms with Crippen molar-refractivity contribution in [3.05, 3.63) is 101 Å². The van der Waals surface area contributed by atoms with Gasteiger partial charge in [-0.1, -0.05) is 12.0 Å². The van der Waals surface area contributed by atoms with Gasteiger partial charge in [-0.05, 0) is 108 Å². The normalized spacial score (nSPS) is 11.4. The Kier molecular flexibility index (Phi) is 10.9. The molecule has 50 heavy (non-hydrogen) atoms. The van der Waals surface area contributed by atoms with Crippen LogP contribution in [-0.2, 0) is 12.0 Å². The molecule has 0 unspecified atom stereocenters. The third-order valence-corrected chi connectivity index (χ3v) is 8.55. The summed E-state index contributed by atoms with van der Waals surface area (Å²) in [7, 11) is 10.2. The maximum absolute atomic E-state index is 13.6. The summed E-state index contributed by atoms with van der Waals surface area (Å²) in [5.41, 5.74) is 7.06. The number of aromatic nitrogens is 4. The van der Waals surface area contributed by atoms with Crippen LogP contribution < -0.4 is 15.5 Å². The summed E-state index contributed by atoms with van der Waals surface area (Å²) in [6, 6.07) is 17.7. The summed E-state index contributed by atoms with van der Waals surface area (Å²) in [6.45, 7) is 9.10. The first-order valence-electron chi connectivity index (χ1n) is 16.6. The molecule has 5 rings (SSSR count). The second-order valence-electron chi connectivity index (χ2n) is 13.6. The number of benzene rings is 2. The van der Waals surface area contributed by atoms with Crippen molar-refractivity contribution in [2.45, 2.75) is 32.7 Å². The van der Waals surface area contributed by atoms with Gasteiger partial charge in [0.05, 0.1) is 41.8 Å². The van der Waals surface area contributed by atoms with Crippen molar-refractivity contribution in [1.82, 2.24) is 29.0 Å². The van der Waals surface area contributed by atoms with Crippen LogP contribution in [0.5, 0.6) is 0 Å². The van der Waals surface area contributed by atoms with E-state index in [0.717, 1.165) is 71.3 Å². The lowest BCUT2D eigenvalue weighted by Gasteiger charge is -2.25. The summed E-state index contributed by atoms with van der Waals surface area (Å²) in [4.78, 5) is 24.6. The Morgan fingerprint density at radius 2 is 1.72 bits per heavy atom. The molecule has 5 aromatic rings.